The van der Waals surface area contributed by atoms with Crippen LogP contribution in [0.25, 0.3) is 0 Å². The Labute approximate surface area is 82.3 Å². The van der Waals surface area contributed by atoms with Crippen LogP contribution < -0.4 is 0 Å². The van der Waals surface area contributed by atoms with E-state index in [1.807, 2.05) is 0 Å². The average molecular weight is 185 g/mol. The van der Waals surface area contributed by atoms with E-state index in [-0.39, 0.29) is 0 Å². The van der Waals surface area contributed by atoms with Gasteiger partial charge in [-0.25, -0.2) is 0 Å². The minimum atomic E-state index is 0.303. The zero-order chi connectivity index (χ0) is 10.1. The summed E-state index contributed by atoms with van der Waals surface area (Å²) in [6.45, 7) is 9.29. The number of carbonyl (C=O) groups is 1. The zero-order valence-corrected chi connectivity index (χ0v) is 9.31. The SMILES string of the molecule is CCCCN(CCC)CCC(C)=O. The van der Waals surface area contributed by atoms with E-state index < -0.39 is 0 Å². The maximum atomic E-state index is 10.8. The van der Waals surface area contributed by atoms with Gasteiger partial charge in [0.1, 0.15) is 5.78 Å². The number of nitrogens with zero attached hydrogens (tertiary/aromatic N) is 1. The van der Waals surface area contributed by atoms with Gasteiger partial charge in [0.15, 0.2) is 0 Å². The first kappa shape index (κ1) is 12.6. The lowest BCUT2D eigenvalue weighted by atomic mass is 10.2. The monoisotopic (exact) mass is 185 g/mol. The highest BCUT2D eigenvalue weighted by molar-refractivity contribution is 5.75. The Bertz CT molecular complexity index is 134. The molecule has 0 bridgehead atoms. The summed E-state index contributed by atoms with van der Waals surface area (Å²) in [6.07, 6.45) is 4.38. The first-order valence-electron chi connectivity index (χ1n) is 5.42. The molecule has 0 atom stereocenters. The molecule has 0 aromatic carbocycles. The van der Waals surface area contributed by atoms with E-state index in [0.29, 0.717) is 12.2 Å². The largest absolute Gasteiger partial charge is 0.303 e. The van der Waals surface area contributed by atoms with Gasteiger partial charge in [-0.2, -0.15) is 0 Å². The zero-order valence-electron chi connectivity index (χ0n) is 9.31. The van der Waals surface area contributed by atoms with Crippen LogP contribution in [-0.4, -0.2) is 30.3 Å². The van der Waals surface area contributed by atoms with E-state index in [1.165, 1.54) is 19.3 Å². The molecule has 2 heteroatoms. The molecule has 0 N–H and O–H groups in total. The molecule has 0 aliphatic carbocycles. The third-order valence-electron chi connectivity index (χ3n) is 2.15. The molecule has 0 saturated carbocycles. The van der Waals surface area contributed by atoms with Gasteiger partial charge in [-0.1, -0.05) is 20.3 Å². The fourth-order valence-electron chi connectivity index (χ4n) is 1.35. The third kappa shape index (κ3) is 7.97. The molecule has 2 nitrogen and oxygen atoms in total. The summed E-state index contributed by atoms with van der Waals surface area (Å²) in [7, 11) is 0. The molecular weight excluding hydrogens is 162 g/mol. The number of unbranched alkanes of at least 4 members (excludes halogenated alkanes) is 1. The molecule has 0 aliphatic rings. The number of carbonyl (C=O) groups excluding carboxylic acids is 1. The van der Waals surface area contributed by atoms with Crippen molar-refractivity contribution in [2.45, 2.75) is 46.5 Å². The van der Waals surface area contributed by atoms with E-state index in [4.69, 9.17) is 0 Å². The Kier molecular flexibility index (Phi) is 8.00. The summed E-state index contributed by atoms with van der Waals surface area (Å²) in [5, 5.41) is 0. The first-order chi connectivity index (χ1) is 6.20. The fraction of sp³-hybridized carbons (Fsp3) is 0.909. The Hall–Kier alpha value is -0.370. The molecule has 0 aromatic heterocycles. The van der Waals surface area contributed by atoms with E-state index >= 15 is 0 Å². The Morgan fingerprint density at radius 1 is 1.08 bits per heavy atom. The molecular formula is C11H23NO. The number of Topliss-reactive ketones (excluding diaryl/α,β-unsaturated/α-hetero) is 1. The second-order valence-corrected chi connectivity index (χ2v) is 3.65. The van der Waals surface area contributed by atoms with Gasteiger partial charge < -0.3 is 4.90 Å². The third-order valence-corrected chi connectivity index (χ3v) is 2.15. The van der Waals surface area contributed by atoms with Crippen LogP contribution >= 0.6 is 0 Å². The van der Waals surface area contributed by atoms with Crippen LogP contribution in [0.1, 0.15) is 46.5 Å². The minimum absolute atomic E-state index is 0.303. The van der Waals surface area contributed by atoms with E-state index in [1.54, 1.807) is 6.92 Å². The van der Waals surface area contributed by atoms with Gasteiger partial charge in [-0.3, -0.25) is 4.79 Å². The molecule has 0 spiro atoms. The molecule has 0 radical (unpaired) electrons. The lowest BCUT2D eigenvalue weighted by Crippen LogP contribution is -2.27. The van der Waals surface area contributed by atoms with Crippen LogP contribution in [0.5, 0.6) is 0 Å². The van der Waals surface area contributed by atoms with Crippen molar-refractivity contribution < 1.29 is 4.79 Å². The molecule has 0 amide bonds. The van der Waals surface area contributed by atoms with Crippen molar-refractivity contribution in [3.8, 4) is 0 Å². The normalized spacial score (nSPS) is 10.8. The standard InChI is InChI=1S/C11H23NO/c1-4-6-9-12(8-5-2)10-7-11(3)13/h4-10H2,1-3H3. The van der Waals surface area contributed by atoms with Gasteiger partial charge in [0.25, 0.3) is 0 Å². The average Bonchev–Trinajstić information content (AvgIpc) is 2.09. The summed E-state index contributed by atoms with van der Waals surface area (Å²) < 4.78 is 0. The number of hydrogen-bond acceptors (Lipinski definition) is 2. The summed E-state index contributed by atoms with van der Waals surface area (Å²) in [5.41, 5.74) is 0. The summed E-state index contributed by atoms with van der Waals surface area (Å²) in [6, 6.07) is 0. The highest BCUT2D eigenvalue weighted by Gasteiger charge is 2.03. The lowest BCUT2D eigenvalue weighted by molar-refractivity contribution is -0.117. The molecule has 0 unspecified atom stereocenters. The predicted molar refractivity (Wildman–Crippen MR) is 56.9 cm³/mol. The van der Waals surface area contributed by atoms with Gasteiger partial charge >= 0.3 is 0 Å². The van der Waals surface area contributed by atoms with Crippen molar-refractivity contribution in [3.63, 3.8) is 0 Å². The molecule has 0 aromatic rings. The summed E-state index contributed by atoms with van der Waals surface area (Å²) >= 11 is 0. The van der Waals surface area contributed by atoms with E-state index in [9.17, 15) is 4.79 Å². The van der Waals surface area contributed by atoms with Crippen molar-refractivity contribution in [2.24, 2.45) is 0 Å². The van der Waals surface area contributed by atoms with Crippen LogP contribution in [0.15, 0.2) is 0 Å². The second kappa shape index (κ2) is 8.24. The molecule has 0 aliphatic heterocycles. The number of rotatable bonds is 8. The Morgan fingerprint density at radius 2 is 1.77 bits per heavy atom. The second-order valence-electron chi connectivity index (χ2n) is 3.65. The lowest BCUT2D eigenvalue weighted by Gasteiger charge is -2.20. The van der Waals surface area contributed by atoms with Crippen molar-refractivity contribution >= 4 is 5.78 Å². The minimum Gasteiger partial charge on any atom is -0.303 e. The maximum Gasteiger partial charge on any atom is 0.131 e. The van der Waals surface area contributed by atoms with Crippen molar-refractivity contribution in [2.75, 3.05) is 19.6 Å². The topological polar surface area (TPSA) is 20.3 Å². The summed E-state index contributed by atoms with van der Waals surface area (Å²) in [4.78, 5) is 13.2. The van der Waals surface area contributed by atoms with Crippen LogP contribution in [-0.2, 0) is 4.79 Å². The molecule has 0 heterocycles. The quantitative estimate of drug-likeness (QED) is 0.579. The van der Waals surface area contributed by atoms with Gasteiger partial charge in [0.05, 0.1) is 0 Å². The summed E-state index contributed by atoms with van der Waals surface area (Å²) in [5.74, 6) is 0.303. The fourth-order valence-corrected chi connectivity index (χ4v) is 1.35. The smallest absolute Gasteiger partial charge is 0.131 e. The van der Waals surface area contributed by atoms with Crippen LogP contribution in [0, 0.1) is 0 Å². The molecule has 78 valence electrons. The molecule has 0 rings (SSSR count). The van der Waals surface area contributed by atoms with Crippen molar-refractivity contribution in [3.05, 3.63) is 0 Å². The van der Waals surface area contributed by atoms with Crippen LogP contribution in [0.3, 0.4) is 0 Å². The highest BCUT2D eigenvalue weighted by atomic mass is 16.1. The molecule has 13 heavy (non-hydrogen) atoms. The predicted octanol–water partition coefficient (Wildman–Crippen LogP) is 2.48. The van der Waals surface area contributed by atoms with Gasteiger partial charge in [-0.15, -0.1) is 0 Å². The van der Waals surface area contributed by atoms with Crippen LogP contribution in [0.4, 0.5) is 0 Å². The van der Waals surface area contributed by atoms with Crippen molar-refractivity contribution in [1.29, 1.82) is 0 Å². The van der Waals surface area contributed by atoms with E-state index in [2.05, 4.69) is 18.7 Å². The number of hydrogen-bond donors (Lipinski definition) is 0. The number of ketones is 1. The Balaban J connectivity index is 3.59. The first-order valence-corrected chi connectivity index (χ1v) is 5.42. The van der Waals surface area contributed by atoms with Gasteiger partial charge in [0, 0.05) is 13.0 Å². The highest BCUT2D eigenvalue weighted by Crippen LogP contribution is 1.98. The van der Waals surface area contributed by atoms with Crippen LogP contribution in [0.2, 0.25) is 0 Å². The molecule has 0 saturated heterocycles. The maximum absolute atomic E-state index is 10.8. The Morgan fingerprint density at radius 3 is 2.23 bits per heavy atom. The van der Waals surface area contributed by atoms with Gasteiger partial charge in [-0.05, 0) is 32.9 Å². The molecule has 0 fully saturated rings. The van der Waals surface area contributed by atoms with Gasteiger partial charge in [0.2, 0.25) is 0 Å². The van der Waals surface area contributed by atoms with Crippen molar-refractivity contribution in [1.82, 2.24) is 4.90 Å². The van der Waals surface area contributed by atoms with E-state index in [0.717, 1.165) is 19.6 Å².